The predicted octanol–water partition coefficient (Wildman–Crippen LogP) is 5.25. The summed E-state index contributed by atoms with van der Waals surface area (Å²) in [6, 6.07) is 11.4. The number of rotatable bonds is 5. The summed E-state index contributed by atoms with van der Waals surface area (Å²) in [6.45, 7) is 1.96. The van der Waals surface area contributed by atoms with Crippen LogP contribution in [0.5, 0.6) is 11.5 Å². The van der Waals surface area contributed by atoms with Gasteiger partial charge >= 0.3 is 5.97 Å². The Hall–Kier alpha value is -3.04. The van der Waals surface area contributed by atoms with Crippen molar-refractivity contribution in [2.24, 2.45) is 0 Å². The molecule has 1 saturated carbocycles. The highest BCUT2D eigenvalue weighted by Gasteiger charge is 2.31. The summed E-state index contributed by atoms with van der Waals surface area (Å²) < 4.78 is 40.3. The average Bonchev–Trinajstić information content (AvgIpc) is 3.10. The zero-order valence-electron chi connectivity index (χ0n) is 21.7. The number of carboxylic acids is 1. The Morgan fingerprint density at radius 1 is 1.03 bits per heavy atom. The van der Waals surface area contributed by atoms with E-state index in [-0.39, 0.29) is 11.7 Å². The molecule has 2 aliphatic heterocycles. The van der Waals surface area contributed by atoms with E-state index in [1.165, 1.54) is 35.4 Å². The summed E-state index contributed by atoms with van der Waals surface area (Å²) >= 11 is 0. The predicted molar refractivity (Wildman–Crippen MR) is 146 cm³/mol. The van der Waals surface area contributed by atoms with Gasteiger partial charge in [-0.15, -0.1) is 0 Å². The number of fused-ring (bicyclic) bond motifs is 5. The third kappa shape index (κ3) is 4.66. The largest absolute Gasteiger partial charge is 0.491 e. The van der Waals surface area contributed by atoms with Gasteiger partial charge in [0.2, 0.25) is 10.0 Å². The van der Waals surface area contributed by atoms with E-state index in [1.807, 2.05) is 24.3 Å². The molecule has 6 rings (SSSR count). The molecule has 38 heavy (non-hydrogen) atoms. The summed E-state index contributed by atoms with van der Waals surface area (Å²) in [6.07, 6.45) is 8.52. The van der Waals surface area contributed by atoms with Gasteiger partial charge in [0.05, 0.1) is 30.6 Å². The number of sulfonamides is 1. The van der Waals surface area contributed by atoms with Crippen molar-refractivity contribution in [2.45, 2.75) is 63.5 Å². The van der Waals surface area contributed by atoms with E-state index in [9.17, 15) is 18.3 Å². The Labute approximate surface area is 223 Å². The van der Waals surface area contributed by atoms with Gasteiger partial charge in [0, 0.05) is 29.1 Å². The van der Waals surface area contributed by atoms with Crippen molar-refractivity contribution < 1.29 is 27.8 Å². The van der Waals surface area contributed by atoms with Gasteiger partial charge in [-0.1, -0.05) is 25.3 Å². The molecule has 1 N–H and O–H groups in total. The molecule has 3 aliphatic rings. The molecule has 202 valence electrons. The number of ether oxygens (including phenoxy) is 2. The fourth-order valence-electron chi connectivity index (χ4n) is 6.47. The lowest BCUT2D eigenvalue weighted by Crippen LogP contribution is -2.43. The van der Waals surface area contributed by atoms with Crippen LogP contribution in [0.25, 0.3) is 22.2 Å². The van der Waals surface area contributed by atoms with Crippen LogP contribution in [0, 0.1) is 0 Å². The molecule has 9 heteroatoms. The Morgan fingerprint density at radius 3 is 2.61 bits per heavy atom. The number of hydrogen-bond donors (Lipinski definition) is 1. The second-order valence-corrected chi connectivity index (χ2v) is 12.8. The monoisotopic (exact) mass is 538 g/mol. The minimum absolute atomic E-state index is 0.207. The molecule has 8 nitrogen and oxygen atoms in total. The van der Waals surface area contributed by atoms with E-state index >= 15 is 0 Å². The number of carboxylic acid groups (broad SMARTS) is 1. The minimum atomic E-state index is -3.25. The first kappa shape index (κ1) is 25.2. The third-order valence-corrected chi connectivity index (χ3v) is 9.53. The van der Waals surface area contributed by atoms with E-state index in [4.69, 9.17) is 9.47 Å². The number of carbonyl (C=O) groups is 1. The topological polar surface area (TPSA) is 98.1 Å². The molecule has 1 aliphatic carbocycles. The fourth-order valence-corrected chi connectivity index (χ4v) is 7.37. The normalized spacial score (nSPS) is 20.8. The van der Waals surface area contributed by atoms with Crippen molar-refractivity contribution >= 4 is 26.9 Å². The van der Waals surface area contributed by atoms with Gasteiger partial charge in [-0.25, -0.2) is 13.2 Å². The summed E-state index contributed by atoms with van der Waals surface area (Å²) in [7, 11) is -3.25. The zero-order valence-corrected chi connectivity index (χ0v) is 22.5. The highest BCUT2D eigenvalue weighted by Crippen LogP contribution is 2.47. The Balaban J connectivity index is 1.41. The Kier molecular flexibility index (Phi) is 6.60. The first-order chi connectivity index (χ1) is 18.3. The molecule has 2 fully saturated rings. The summed E-state index contributed by atoms with van der Waals surface area (Å²) in [4.78, 5) is 11.8. The molecule has 1 aromatic heterocycles. The van der Waals surface area contributed by atoms with E-state index in [1.54, 1.807) is 12.1 Å². The van der Waals surface area contributed by atoms with Crippen molar-refractivity contribution in [3.63, 3.8) is 0 Å². The maximum Gasteiger partial charge on any atom is 0.335 e. The van der Waals surface area contributed by atoms with Crippen LogP contribution in [0.15, 0.2) is 36.4 Å². The molecule has 3 heterocycles. The number of nitrogens with zero attached hydrogens (tertiary/aromatic N) is 2. The fraction of sp³-hybridized carbons (Fsp3) is 0.483. The van der Waals surface area contributed by atoms with Crippen LogP contribution in [0.2, 0.25) is 0 Å². The van der Waals surface area contributed by atoms with Crippen LogP contribution in [-0.2, 0) is 16.6 Å². The molecule has 0 bridgehead atoms. The molecule has 1 unspecified atom stereocenters. The average molecular weight is 539 g/mol. The lowest BCUT2D eigenvalue weighted by Gasteiger charge is -2.31. The first-order valence-electron chi connectivity index (χ1n) is 13.6. The smallest absolute Gasteiger partial charge is 0.335 e. The molecule has 0 radical (unpaired) electrons. The molecule has 2 aromatic carbocycles. The SMILES string of the molecule is CS(=O)(=O)N1CCCC(Oc2ccc3c(c2)OCCn2c-3c(C3CCCCC3)c3ccc(C(=O)O)cc32)C1. The van der Waals surface area contributed by atoms with Crippen LogP contribution in [0.1, 0.15) is 66.8 Å². The van der Waals surface area contributed by atoms with E-state index in [2.05, 4.69) is 4.57 Å². The van der Waals surface area contributed by atoms with E-state index in [0.29, 0.717) is 37.9 Å². The van der Waals surface area contributed by atoms with Crippen LogP contribution < -0.4 is 9.47 Å². The van der Waals surface area contributed by atoms with Gasteiger partial charge in [-0.3, -0.25) is 0 Å². The van der Waals surface area contributed by atoms with Crippen molar-refractivity contribution in [1.29, 1.82) is 0 Å². The van der Waals surface area contributed by atoms with E-state index in [0.717, 1.165) is 53.6 Å². The Morgan fingerprint density at radius 2 is 1.84 bits per heavy atom. The minimum Gasteiger partial charge on any atom is -0.491 e. The Bertz CT molecular complexity index is 1490. The molecular formula is C29H34N2O6S. The van der Waals surface area contributed by atoms with Crippen molar-refractivity contribution in [1.82, 2.24) is 8.87 Å². The standard InChI is InChI=1S/C29H34N2O6S/c1-38(34,35)30-13-5-8-22(18-30)37-21-10-12-24-26(17-21)36-15-14-31-25-16-20(29(32)33)9-11-23(25)27(28(24)31)19-6-3-2-4-7-19/h9-12,16-17,19,22H,2-8,13-15,18H2,1H3,(H,32,33). The number of piperidine rings is 1. The van der Waals surface area contributed by atoms with Crippen LogP contribution >= 0.6 is 0 Å². The first-order valence-corrected chi connectivity index (χ1v) is 15.4. The quantitative estimate of drug-likeness (QED) is 0.477. The van der Waals surface area contributed by atoms with Gasteiger partial charge in [-0.2, -0.15) is 4.31 Å². The summed E-state index contributed by atoms with van der Waals surface area (Å²) in [5.41, 5.74) is 4.64. The number of aromatic carboxylic acids is 1. The maximum atomic E-state index is 12.0. The lowest BCUT2D eigenvalue weighted by atomic mass is 9.81. The number of aromatic nitrogens is 1. The summed E-state index contributed by atoms with van der Waals surface area (Å²) in [5, 5.41) is 10.8. The van der Waals surface area contributed by atoms with Crippen molar-refractivity contribution in [3.8, 4) is 22.8 Å². The molecular weight excluding hydrogens is 504 g/mol. The molecule has 3 aromatic rings. The van der Waals surface area contributed by atoms with Crippen molar-refractivity contribution in [3.05, 3.63) is 47.5 Å². The number of hydrogen-bond acceptors (Lipinski definition) is 5. The van der Waals surface area contributed by atoms with Gasteiger partial charge < -0.3 is 19.1 Å². The van der Waals surface area contributed by atoms with E-state index < -0.39 is 16.0 Å². The van der Waals surface area contributed by atoms with Gasteiger partial charge in [0.15, 0.2) is 0 Å². The zero-order chi connectivity index (χ0) is 26.4. The van der Waals surface area contributed by atoms with Gasteiger partial charge in [-0.05, 0) is 61.4 Å². The lowest BCUT2D eigenvalue weighted by molar-refractivity contribution is 0.0697. The molecule has 1 atom stereocenters. The van der Waals surface area contributed by atoms with Crippen LogP contribution in [0.4, 0.5) is 0 Å². The molecule has 0 spiro atoms. The van der Waals surface area contributed by atoms with Gasteiger partial charge in [0.1, 0.15) is 24.2 Å². The van der Waals surface area contributed by atoms with Crippen LogP contribution in [-0.4, -0.2) is 60.4 Å². The maximum absolute atomic E-state index is 12.0. The second kappa shape index (κ2) is 9.93. The highest BCUT2D eigenvalue weighted by atomic mass is 32.2. The van der Waals surface area contributed by atoms with Crippen molar-refractivity contribution in [2.75, 3.05) is 26.0 Å². The number of benzene rings is 2. The highest BCUT2D eigenvalue weighted by molar-refractivity contribution is 7.88. The second-order valence-electron chi connectivity index (χ2n) is 10.8. The van der Waals surface area contributed by atoms with Crippen LogP contribution in [0.3, 0.4) is 0 Å². The third-order valence-electron chi connectivity index (χ3n) is 8.26. The molecule has 1 saturated heterocycles. The summed E-state index contributed by atoms with van der Waals surface area (Å²) in [5.74, 6) is 0.909. The van der Waals surface area contributed by atoms with Gasteiger partial charge in [0.25, 0.3) is 0 Å². The molecule has 0 amide bonds.